The van der Waals surface area contributed by atoms with E-state index in [1.807, 2.05) is 6.20 Å². The highest BCUT2D eigenvalue weighted by atomic mass is 16.5. The quantitative estimate of drug-likeness (QED) is 0.440. The van der Waals surface area contributed by atoms with E-state index in [0.29, 0.717) is 11.9 Å². The SMILES string of the molecule is COc1cc2c(cc1Nc1ncc3ccc(-c4ccccc4C4CC4)cc3n1)CNCC2. The molecule has 2 N–H and O–H groups in total. The van der Waals surface area contributed by atoms with Crippen LogP contribution in [0.4, 0.5) is 11.6 Å². The van der Waals surface area contributed by atoms with Crippen molar-refractivity contribution in [1.82, 2.24) is 15.3 Å². The average molecular weight is 423 g/mol. The number of ether oxygens (including phenoxy) is 1. The summed E-state index contributed by atoms with van der Waals surface area (Å²) in [6.07, 6.45) is 5.48. The van der Waals surface area contributed by atoms with Gasteiger partial charge in [0.1, 0.15) is 5.75 Å². The third kappa shape index (κ3) is 3.59. The molecular formula is C27H26N4O. The Bertz CT molecular complexity index is 1310. The van der Waals surface area contributed by atoms with Gasteiger partial charge in [0, 0.05) is 18.1 Å². The summed E-state index contributed by atoms with van der Waals surface area (Å²) in [4.78, 5) is 9.40. The van der Waals surface area contributed by atoms with Gasteiger partial charge in [0.05, 0.1) is 18.3 Å². The van der Waals surface area contributed by atoms with Crippen molar-refractivity contribution in [3.05, 3.63) is 77.5 Å². The van der Waals surface area contributed by atoms with E-state index >= 15 is 0 Å². The van der Waals surface area contributed by atoms with Crippen LogP contribution in [-0.4, -0.2) is 23.6 Å². The van der Waals surface area contributed by atoms with Crippen molar-refractivity contribution in [3.63, 3.8) is 0 Å². The van der Waals surface area contributed by atoms with Crippen molar-refractivity contribution in [3.8, 4) is 16.9 Å². The zero-order valence-corrected chi connectivity index (χ0v) is 18.2. The lowest BCUT2D eigenvalue weighted by atomic mass is 9.96. The van der Waals surface area contributed by atoms with Crippen LogP contribution in [0.1, 0.15) is 35.4 Å². The maximum Gasteiger partial charge on any atom is 0.227 e. The number of fused-ring (bicyclic) bond motifs is 2. The zero-order valence-electron chi connectivity index (χ0n) is 18.2. The molecular weight excluding hydrogens is 396 g/mol. The minimum absolute atomic E-state index is 0.576. The number of benzene rings is 3. The first-order valence-corrected chi connectivity index (χ1v) is 11.3. The monoisotopic (exact) mass is 422 g/mol. The number of rotatable bonds is 5. The van der Waals surface area contributed by atoms with Gasteiger partial charge in [0.25, 0.3) is 0 Å². The Hall–Kier alpha value is -3.44. The zero-order chi connectivity index (χ0) is 21.5. The molecule has 32 heavy (non-hydrogen) atoms. The Labute approximate surface area is 187 Å². The molecule has 2 heterocycles. The molecule has 1 aliphatic heterocycles. The average Bonchev–Trinajstić information content (AvgIpc) is 3.69. The van der Waals surface area contributed by atoms with Crippen LogP contribution >= 0.6 is 0 Å². The second-order valence-electron chi connectivity index (χ2n) is 8.70. The van der Waals surface area contributed by atoms with Crippen LogP contribution in [0.2, 0.25) is 0 Å². The van der Waals surface area contributed by atoms with E-state index in [-0.39, 0.29) is 0 Å². The number of hydrogen-bond donors (Lipinski definition) is 2. The lowest BCUT2D eigenvalue weighted by Gasteiger charge is -2.20. The molecule has 0 saturated heterocycles. The molecule has 0 atom stereocenters. The van der Waals surface area contributed by atoms with E-state index in [2.05, 4.69) is 70.2 Å². The lowest BCUT2D eigenvalue weighted by Crippen LogP contribution is -2.23. The van der Waals surface area contributed by atoms with Gasteiger partial charge in [0.2, 0.25) is 5.95 Å². The van der Waals surface area contributed by atoms with E-state index in [0.717, 1.165) is 41.9 Å². The Morgan fingerprint density at radius 2 is 1.94 bits per heavy atom. The summed E-state index contributed by atoms with van der Waals surface area (Å²) < 4.78 is 5.65. The first-order valence-electron chi connectivity index (χ1n) is 11.3. The molecule has 160 valence electrons. The maximum atomic E-state index is 5.65. The maximum absolute atomic E-state index is 5.65. The van der Waals surface area contributed by atoms with Crippen molar-refractivity contribution in [2.45, 2.75) is 31.7 Å². The normalized spacial score (nSPS) is 15.4. The first kappa shape index (κ1) is 19.3. The van der Waals surface area contributed by atoms with E-state index in [9.17, 15) is 0 Å². The minimum Gasteiger partial charge on any atom is -0.495 e. The van der Waals surface area contributed by atoms with Crippen molar-refractivity contribution in [2.24, 2.45) is 0 Å². The molecule has 4 aromatic rings. The van der Waals surface area contributed by atoms with Gasteiger partial charge in [-0.1, -0.05) is 36.4 Å². The van der Waals surface area contributed by atoms with Gasteiger partial charge < -0.3 is 15.4 Å². The molecule has 0 bridgehead atoms. The molecule has 1 fully saturated rings. The van der Waals surface area contributed by atoms with Crippen molar-refractivity contribution in [1.29, 1.82) is 0 Å². The number of aromatic nitrogens is 2. The van der Waals surface area contributed by atoms with Crippen molar-refractivity contribution < 1.29 is 4.74 Å². The second kappa shape index (κ2) is 7.92. The molecule has 0 spiro atoms. The van der Waals surface area contributed by atoms with E-state index in [1.165, 1.54) is 40.7 Å². The summed E-state index contributed by atoms with van der Waals surface area (Å²) in [6, 6.07) is 19.5. The Morgan fingerprint density at radius 3 is 2.81 bits per heavy atom. The fraction of sp³-hybridized carbons (Fsp3) is 0.259. The van der Waals surface area contributed by atoms with E-state index in [4.69, 9.17) is 9.72 Å². The largest absolute Gasteiger partial charge is 0.495 e. The second-order valence-corrected chi connectivity index (χ2v) is 8.70. The summed E-state index contributed by atoms with van der Waals surface area (Å²) in [6.45, 7) is 1.87. The van der Waals surface area contributed by atoms with Gasteiger partial charge in [-0.15, -0.1) is 0 Å². The fourth-order valence-electron chi connectivity index (χ4n) is 4.66. The van der Waals surface area contributed by atoms with Crippen molar-refractivity contribution in [2.75, 3.05) is 19.0 Å². The molecule has 0 radical (unpaired) electrons. The highest BCUT2D eigenvalue weighted by molar-refractivity contribution is 5.85. The molecule has 6 rings (SSSR count). The molecule has 0 unspecified atom stereocenters. The summed E-state index contributed by atoms with van der Waals surface area (Å²) >= 11 is 0. The van der Waals surface area contributed by atoms with Gasteiger partial charge >= 0.3 is 0 Å². The highest BCUT2D eigenvalue weighted by Gasteiger charge is 2.26. The minimum atomic E-state index is 0.576. The van der Waals surface area contributed by atoms with Gasteiger partial charge in [-0.2, -0.15) is 0 Å². The summed E-state index contributed by atoms with van der Waals surface area (Å²) in [5.74, 6) is 2.10. The molecule has 2 aliphatic rings. The van der Waals surface area contributed by atoms with Crippen LogP contribution in [-0.2, 0) is 13.0 Å². The molecule has 0 amide bonds. The predicted octanol–water partition coefficient (Wildman–Crippen LogP) is 5.57. The third-order valence-electron chi connectivity index (χ3n) is 6.53. The van der Waals surface area contributed by atoms with Gasteiger partial charge in [-0.25, -0.2) is 9.97 Å². The number of nitrogens with zero attached hydrogens (tertiary/aromatic N) is 2. The van der Waals surface area contributed by atoms with Crippen LogP contribution in [0.25, 0.3) is 22.0 Å². The Morgan fingerprint density at radius 1 is 1.03 bits per heavy atom. The van der Waals surface area contributed by atoms with Crippen LogP contribution in [0.15, 0.2) is 60.8 Å². The smallest absolute Gasteiger partial charge is 0.227 e. The van der Waals surface area contributed by atoms with Crippen LogP contribution in [0.5, 0.6) is 5.75 Å². The summed E-state index contributed by atoms with van der Waals surface area (Å²) in [5.41, 5.74) is 8.43. The fourth-order valence-corrected chi connectivity index (χ4v) is 4.66. The molecule has 5 heteroatoms. The highest BCUT2D eigenvalue weighted by Crippen LogP contribution is 2.44. The number of methoxy groups -OCH3 is 1. The molecule has 1 saturated carbocycles. The van der Waals surface area contributed by atoms with Gasteiger partial charge in [-0.05, 0) is 77.7 Å². The number of anilines is 2. The van der Waals surface area contributed by atoms with Gasteiger partial charge in [-0.3, -0.25) is 0 Å². The summed E-state index contributed by atoms with van der Waals surface area (Å²) in [5, 5.41) is 7.85. The van der Waals surface area contributed by atoms with E-state index in [1.54, 1.807) is 7.11 Å². The van der Waals surface area contributed by atoms with Crippen LogP contribution in [0, 0.1) is 0 Å². The first-order chi connectivity index (χ1) is 15.8. The molecule has 1 aliphatic carbocycles. The molecule has 5 nitrogen and oxygen atoms in total. The Balaban J connectivity index is 1.36. The number of hydrogen-bond acceptors (Lipinski definition) is 5. The van der Waals surface area contributed by atoms with Gasteiger partial charge in [0.15, 0.2) is 0 Å². The molecule has 3 aromatic carbocycles. The standard InChI is InChI=1S/C27H26N4O/c1-32-26-14-18-10-11-28-15-21(18)13-25(26)31-27-29-16-20-9-8-19(12-24(20)30-27)23-5-3-2-4-22(23)17-6-7-17/h2-5,8-9,12-14,16-17,28H,6-7,10-11,15H2,1H3,(H,29,30,31). The van der Waals surface area contributed by atoms with Crippen molar-refractivity contribution >= 4 is 22.5 Å². The predicted molar refractivity (Wildman–Crippen MR) is 129 cm³/mol. The third-order valence-corrected chi connectivity index (χ3v) is 6.53. The van der Waals surface area contributed by atoms with E-state index < -0.39 is 0 Å². The molecule has 1 aromatic heterocycles. The van der Waals surface area contributed by atoms with Crippen LogP contribution < -0.4 is 15.4 Å². The summed E-state index contributed by atoms with van der Waals surface area (Å²) in [7, 11) is 1.71. The van der Waals surface area contributed by atoms with Crippen LogP contribution in [0.3, 0.4) is 0 Å². The number of nitrogens with one attached hydrogen (secondary N) is 2. The Kier molecular flexibility index (Phi) is 4.76. The topological polar surface area (TPSA) is 59.1 Å². The lowest BCUT2D eigenvalue weighted by molar-refractivity contribution is 0.415.